The summed E-state index contributed by atoms with van der Waals surface area (Å²) in [5.41, 5.74) is 0. The normalized spacial score (nSPS) is 23.4. The van der Waals surface area contributed by atoms with E-state index in [0.717, 1.165) is 0 Å². The van der Waals surface area contributed by atoms with Gasteiger partial charge in [0.1, 0.15) is 0 Å². The van der Waals surface area contributed by atoms with Gasteiger partial charge in [-0.2, -0.15) is 0 Å². The molecule has 1 heterocycles. The monoisotopic (exact) mass is 251 g/mol. The molecule has 8 heteroatoms. The van der Waals surface area contributed by atoms with E-state index >= 15 is 0 Å². The van der Waals surface area contributed by atoms with E-state index in [1.165, 1.54) is 4.90 Å². The molecule has 1 rings (SSSR count). The fraction of sp³-hybridized carbons (Fsp3) is 0.750. The smallest absolute Gasteiger partial charge is 0.317 e. The summed E-state index contributed by atoms with van der Waals surface area (Å²) in [4.78, 5) is 22.2. The standard InChI is InChI=1S/C8H13NO6S/c10-7(11)3-9(4-8(12)13)6-1-2-16(14,15)5-6/h6H,1-5H2,(H,10,11)(H,12,13). The maximum atomic E-state index is 11.2. The zero-order valence-corrected chi connectivity index (χ0v) is 9.31. The van der Waals surface area contributed by atoms with Crippen LogP contribution in [0.4, 0.5) is 0 Å². The molecule has 0 radical (unpaired) electrons. The first kappa shape index (κ1) is 12.9. The third-order valence-electron chi connectivity index (χ3n) is 2.40. The Kier molecular flexibility index (Phi) is 3.87. The Morgan fingerprint density at radius 3 is 2.00 bits per heavy atom. The van der Waals surface area contributed by atoms with Gasteiger partial charge in [0, 0.05) is 6.04 Å². The van der Waals surface area contributed by atoms with Gasteiger partial charge in [0.25, 0.3) is 0 Å². The molecular weight excluding hydrogens is 238 g/mol. The van der Waals surface area contributed by atoms with Gasteiger partial charge in [-0.05, 0) is 6.42 Å². The summed E-state index contributed by atoms with van der Waals surface area (Å²) < 4.78 is 22.4. The number of hydrogen-bond acceptors (Lipinski definition) is 5. The molecule has 2 N–H and O–H groups in total. The van der Waals surface area contributed by atoms with Crippen molar-refractivity contribution in [3.8, 4) is 0 Å². The zero-order valence-electron chi connectivity index (χ0n) is 8.50. The van der Waals surface area contributed by atoms with Gasteiger partial charge >= 0.3 is 11.9 Å². The Morgan fingerprint density at radius 1 is 1.19 bits per heavy atom. The maximum absolute atomic E-state index is 11.2. The van der Waals surface area contributed by atoms with Crippen LogP contribution in [0.2, 0.25) is 0 Å². The second-order valence-corrected chi connectivity index (χ2v) is 5.98. The second-order valence-electron chi connectivity index (χ2n) is 3.75. The maximum Gasteiger partial charge on any atom is 0.317 e. The molecule has 1 unspecified atom stereocenters. The molecule has 0 aromatic rings. The van der Waals surface area contributed by atoms with Crippen molar-refractivity contribution in [2.45, 2.75) is 12.5 Å². The van der Waals surface area contributed by atoms with Crippen LogP contribution in [-0.4, -0.2) is 66.1 Å². The summed E-state index contributed by atoms with van der Waals surface area (Å²) >= 11 is 0. The highest BCUT2D eigenvalue weighted by molar-refractivity contribution is 7.91. The van der Waals surface area contributed by atoms with Crippen LogP contribution >= 0.6 is 0 Å². The lowest BCUT2D eigenvalue weighted by Crippen LogP contribution is -2.42. The number of hydrogen-bond donors (Lipinski definition) is 2. The summed E-state index contributed by atoms with van der Waals surface area (Å²) in [6.07, 6.45) is 0.295. The van der Waals surface area contributed by atoms with Crippen LogP contribution in [0.25, 0.3) is 0 Å². The molecule has 1 saturated heterocycles. The van der Waals surface area contributed by atoms with E-state index in [1.54, 1.807) is 0 Å². The van der Waals surface area contributed by atoms with Crippen molar-refractivity contribution >= 4 is 21.8 Å². The highest BCUT2D eigenvalue weighted by atomic mass is 32.2. The Hall–Kier alpha value is -1.15. The van der Waals surface area contributed by atoms with Crippen molar-refractivity contribution < 1.29 is 28.2 Å². The van der Waals surface area contributed by atoms with E-state index in [2.05, 4.69) is 0 Å². The quantitative estimate of drug-likeness (QED) is 0.620. The average molecular weight is 251 g/mol. The van der Waals surface area contributed by atoms with Crippen LogP contribution in [0.15, 0.2) is 0 Å². The number of carboxylic acid groups (broad SMARTS) is 2. The first-order valence-electron chi connectivity index (χ1n) is 4.68. The number of sulfone groups is 1. The number of carbonyl (C=O) groups is 2. The Morgan fingerprint density at radius 2 is 1.69 bits per heavy atom. The Bertz CT molecular complexity index is 373. The first-order chi connectivity index (χ1) is 7.30. The lowest BCUT2D eigenvalue weighted by molar-refractivity contribution is -0.142. The van der Waals surface area contributed by atoms with Crippen molar-refractivity contribution in [2.24, 2.45) is 0 Å². The fourth-order valence-corrected chi connectivity index (χ4v) is 3.49. The van der Waals surface area contributed by atoms with Crippen LogP contribution < -0.4 is 0 Å². The van der Waals surface area contributed by atoms with Crippen molar-refractivity contribution in [1.29, 1.82) is 0 Å². The molecule has 0 aromatic heterocycles. The minimum Gasteiger partial charge on any atom is -0.480 e. The molecule has 1 aliphatic heterocycles. The molecule has 0 aliphatic carbocycles. The van der Waals surface area contributed by atoms with E-state index in [4.69, 9.17) is 10.2 Å². The van der Waals surface area contributed by atoms with Gasteiger partial charge in [0.2, 0.25) is 0 Å². The predicted molar refractivity (Wildman–Crippen MR) is 53.9 cm³/mol. The highest BCUT2D eigenvalue weighted by Gasteiger charge is 2.33. The topological polar surface area (TPSA) is 112 Å². The molecule has 0 amide bonds. The van der Waals surface area contributed by atoms with E-state index in [1.807, 2.05) is 0 Å². The molecule has 0 spiro atoms. The van der Waals surface area contributed by atoms with Crippen molar-refractivity contribution in [2.75, 3.05) is 24.6 Å². The predicted octanol–water partition coefficient (Wildman–Crippen LogP) is -1.36. The molecule has 0 saturated carbocycles. The van der Waals surface area contributed by atoms with Gasteiger partial charge in [-0.15, -0.1) is 0 Å². The zero-order chi connectivity index (χ0) is 12.3. The summed E-state index contributed by atoms with van der Waals surface area (Å²) in [7, 11) is -3.14. The van der Waals surface area contributed by atoms with Crippen LogP contribution in [0.3, 0.4) is 0 Å². The largest absolute Gasteiger partial charge is 0.480 e. The van der Waals surface area contributed by atoms with Crippen LogP contribution in [0.5, 0.6) is 0 Å². The van der Waals surface area contributed by atoms with Gasteiger partial charge in [0.15, 0.2) is 9.84 Å². The van der Waals surface area contributed by atoms with Gasteiger partial charge in [-0.25, -0.2) is 8.42 Å². The summed E-state index contributed by atoms with van der Waals surface area (Å²) in [5.74, 6) is -2.49. The lowest BCUT2D eigenvalue weighted by Gasteiger charge is -2.23. The molecule has 1 fully saturated rings. The molecule has 0 aromatic carbocycles. The van der Waals surface area contributed by atoms with E-state index in [-0.39, 0.29) is 11.5 Å². The molecule has 1 aliphatic rings. The van der Waals surface area contributed by atoms with Crippen molar-refractivity contribution in [3.05, 3.63) is 0 Å². The van der Waals surface area contributed by atoms with Crippen LogP contribution in [0.1, 0.15) is 6.42 Å². The number of carboxylic acids is 2. The molecule has 1 atom stereocenters. The van der Waals surface area contributed by atoms with E-state index in [0.29, 0.717) is 6.42 Å². The first-order valence-corrected chi connectivity index (χ1v) is 6.50. The SMILES string of the molecule is O=C(O)CN(CC(=O)O)C1CCS(=O)(=O)C1. The third-order valence-corrected chi connectivity index (χ3v) is 4.15. The summed E-state index contributed by atoms with van der Waals surface area (Å²) in [5, 5.41) is 17.2. The molecule has 0 bridgehead atoms. The molecular formula is C8H13NO6S. The van der Waals surface area contributed by atoms with Gasteiger partial charge in [-0.1, -0.05) is 0 Å². The van der Waals surface area contributed by atoms with Crippen molar-refractivity contribution in [1.82, 2.24) is 4.90 Å². The minimum absolute atomic E-state index is 0.00654. The van der Waals surface area contributed by atoms with E-state index < -0.39 is 40.9 Å². The Labute approximate surface area is 92.6 Å². The number of aliphatic carboxylic acids is 2. The average Bonchev–Trinajstić information content (AvgIpc) is 2.43. The molecule has 16 heavy (non-hydrogen) atoms. The highest BCUT2D eigenvalue weighted by Crippen LogP contribution is 2.17. The second kappa shape index (κ2) is 4.79. The van der Waals surface area contributed by atoms with Gasteiger partial charge < -0.3 is 10.2 Å². The lowest BCUT2D eigenvalue weighted by atomic mass is 10.2. The third kappa shape index (κ3) is 3.78. The Balaban J connectivity index is 2.69. The summed E-state index contributed by atoms with van der Waals surface area (Å²) in [6.45, 7) is -0.904. The van der Waals surface area contributed by atoms with Gasteiger partial charge in [0.05, 0.1) is 24.6 Å². The van der Waals surface area contributed by atoms with Crippen LogP contribution in [-0.2, 0) is 19.4 Å². The van der Waals surface area contributed by atoms with E-state index in [9.17, 15) is 18.0 Å². The number of nitrogens with zero attached hydrogens (tertiary/aromatic N) is 1. The molecule has 7 nitrogen and oxygen atoms in total. The van der Waals surface area contributed by atoms with Crippen LogP contribution in [0, 0.1) is 0 Å². The fourth-order valence-electron chi connectivity index (χ4n) is 1.72. The molecule has 92 valence electrons. The van der Waals surface area contributed by atoms with Gasteiger partial charge in [-0.3, -0.25) is 14.5 Å². The van der Waals surface area contributed by atoms with Crippen molar-refractivity contribution in [3.63, 3.8) is 0 Å². The summed E-state index contributed by atoms with van der Waals surface area (Å²) in [6, 6.07) is -0.503. The number of rotatable bonds is 5. The minimum atomic E-state index is -3.14.